The maximum atomic E-state index is 12.3. The number of esters is 1. The van der Waals surface area contributed by atoms with Crippen molar-refractivity contribution in [3.63, 3.8) is 0 Å². The van der Waals surface area contributed by atoms with Gasteiger partial charge < -0.3 is 29.8 Å². The van der Waals surface area contributed by atoms with E-state index in [9.17, 15) is 9.90 Å². The van der Waals surface area contributed by atoms with Gasteiger partial charge in [0.1, 0.15) is 18.3 Å². The second-order valence-electron chi connectivity index (χ2n) is 6.65. The molecule has 0 bridgehead atoms. The topological polar surface area (TPSA) is 102 Å². The lowest BCUT2D eigenvalue weighted by molar-refractivity contribution is -0.505. The Kier molecular flexibility index (Phi) is 5.20. The molecule has 27 heavy (non-hydrogen) atoms. The number of hydrogen-bond donors (Lipinski definition) is 2. The van der Waals surface area contributed by atoms with Gasteiger partial charge in [-0.3, -0.25) is 0 Å². The first-order valence-electron chi connectivity index (χ1n) is 8.88. The van der Waals surface area contributed by atoms with Gasteiger partial charge in [-0.15, -0.1) is 0 Å². The van der Waals surface area contributed by atoms with Gasteiger partial charge in [-0.1, -0.05) is 48.5 Å². The standard InChI is InChI=1S/C20H21NO6/c21-15-16(22)17-14(11-24-19(26-17)13-9-5-2-6-10-13)25-20(15)27-18(23)12-7-3-1-4-8-12/h1-10,14-17,19-20,22H,11,21H2/p+1/t14-,15-,16-,17-,19+,20-/m1/s1. The molecule has 6 atom stereocenters. The van der Waals surface area contributed by atoms with E-state index in [1.54, 1.807) is 24.3 Å². The van der Waals surface area contributed by atoms with Gasteiger partial charge in [0.2, 0.25) is 0 Å². The average molecular weight is 372 g/mol. The Morgan fingerprint density at radius 3 is 2.41 bits per heavy atom. The lowest BCUT2D eigenvalue weighted by Crippen LogP contribution is -2.79. The maximum absolute atomic E-state index is 12.3. The number of carbonyl (C=O) groups is 1. The van der Waals surface area contributed by atoms with Crippen molar-refractivity contribution in [3.8, 4) is 0 Å². The van der Waals surface area contributed by atoms with Crippen LogP contribution < -0.4 is 5.73 Å². The third-order valence-corrected chi connectivity index (χ3v) is 4.80. The number of quaternary nitrogens is 1. The van der Waals surface area contributed by atoms with Crippen LogP contribution in [0.15, 0.2) is 60.7 Å². The van der Waals surface area contributed by atoms with Crippen molar-refractivity contribution in [2.75, 3.05) is 6.61 Å². The fraction of sp³-hybridized carbons (Fsp3) is 0.350. The van der Waals surface area contributed by atoms with Crippen LogP contribution in [0.2, 0.25) is 0 Å². The summed E-state index contributed by atoms with van der Waals surface area (Å²) in [7, 11) is 0. The van der Waals surface area contributed by atoms with Gasteiger partial charge in [0.15, 0.2) is 12.3 Å². The Morgan fingerprint density at radius 2 is 1.70 bits per heavy atom. The summed E-state index contributed by atoms with van der Waals surface area (Å²) >= 11 is 0. The van der Waals surface area contributed by atoms with E-state index in [2.05, 4.69) is 5.73 Å². The fourth-order valence-electron chi connectivity index (χ4n) is 3.29. The molecule has 7 nitrogen and oxygen atoms in total. The number of fused-ring (bicyclic) bond motifs is 1. The van der Waals surface area contributed by atoms with Gasteiger partial charge in [-0.2, -0.15) is 0 Å². The summed E-state index contributed by atoms with van der Waals surface area (Å²) in [6, 6.07) is 17.4. The van der Waals surface area contributed by atoms with E-state index in [1.807, 2.05) is 36.4 Å². The average Bonchev–Trinajstić information content (AvgIpc) is 2.73. The smallest absolute Gasteiger partial charge is 0.340 e. The van der Waals surface area contributed by atoms with Crippen molar-refractivity contribution in [1.82, 2.24) is 0 Å². The number of carbonyl (C=O) groups excluding carboxylic acids is 1. The Balaban J connectivity index is 1.44. The number of rotatable bonds is 3. The largest absolute Gasteiger partial charge is 0.425 e. The van der Waals surface area contributed by atoms with Crippen LogP contribution in [0, 0.1) is 0 Å². The van der Waals surface area contributed by atoms with Gasteiger partial charge >= 0.3 is 5.97 Å². The monoisotopic (exact) mass is 372 g/mol. The summed E-state index contributed by atoms with van der Waals surface area (Å²) in [4.78, 5) is 12.3. The molecular formula is C20H22NO6+. The second kappa shape index (κ2) is 7.75. The fourth-order valence-corrected chi connectivity index (χ4v) is 3.29. The molecule has 2 aliphatic heterocycles. The van der Waals surface area contributed by atoms with E-state index >= 15 is 0 Å². The van der Waals surface area contributed by atoms with Crippen molar-refractivity contribution in [2.24, 2.45) is 0 Å². The molecule has 0 unspecified atom stereocenters. The van der Waals surface area contributed by atoms with Crippen LogP contribution >= 0.6 is 0 Å². The third kappa shape index (κ3) is 3.73. The van der Waals surface area contributed by atoms with E-state index in [4.69, 9.17) is 18.9 Å². The van der Waals surface area contributed by atoms with Crippen LogP contribution in [0.25, 0.3) is 0 Å². The summed E-state index contributed by atoms with van der Waals surface area (Å²) < 4.78 is 22.9. The van der Waals surface area contributed by atoms with Gasteiger partial charge in [-0.25, -0.2) is 4.79 Å². The molecule has 2 heterocycles. The molecule has 2 saturated heterocycles. The summed E-state index contributed by atoms with van der Waals surface area (Å²) in [5.41, 5.74) is 5.19. The first kappa shape index (κ1) is 18.1. The predicted octanol–water partition coefficient (Wildman–Crippen LogP) is 0.654. The Morgan fingerprint density at radius 1 is 1.04 bits per heavy atom. The zero-order valence-corrected chi connectivity index (χ0v) is 14.6. The highest BCUT2D eigenvalue weighted by atomic mass is 16.8. The zero-order valence-electron chi connectivity index (χ0n) is 14.6. The molecule has 2 fully saturated rings. The van der Waals surface area contributed by atoms with Crippen molar-refractivity contribution in [3.05, 3.63) is 71.8 Å². The molecule has 0 saturated carbocycles. The van der Waals surface area contributed by atoms with E-state index in [-0.39, 0.29) is 6.61 Å². The van der Waals surface area contributed by atoms with Crippen molar-refractivity contribution in [1.29, 1.82) is 0 Å². The molecular weight excluding hydrogens is 350 g/mol. The van der Waals surface area contributed by atoms with Gasteiger partial charge in [-0.05, 0) is 12.1 Å². The van der Waals surface area contributed by atoms with Crippen LogP contribution in [0.1, 0.15) is 22.2 Å². The molecule has 4 N–H and O–H groups in total. The zero-order chi connectivity index (χ0) is 18.8. The normalized spacial score (nSPS) is 33.1. The number of ether oxygens (including phenoxy) is 4. The van der Waals surface area contributed by atoms with E-state index in [1.165, 1.54) is 0 Å². The highest BCUT2D eigenvalue weighted by molar-refractivity contribution is 5.89. The molecule has 0 aliphatic carbocycles. The number of benzene rings is 2. The molecule has 0 radical (unpaired) electrons. The van der Waals surface area contributed by atoms with Gasteiger partial charge in [0, 0.05) is 5.56 Å². The highest BCUT2D eigenvalue weighted by Gasteiger charge is 2.51. The molecule has 4 rings (SSSR count). The number of aliphatic hydroxyl groups excluding tert-OH is 1. The summed E-state index contributed by atoms with van der Waals surface area (Å²) in [5.74, 6) is -0.528. The predicted molar refractivity (Wildman–Crippen MR) is 93.2 cm³/mol. The first-order chi connectivity index (χ1) is 13.1. The molecule has 2 aliphatic rings. The van der Waals surface area contributed by atoms with Crippen LogP contribution in [0.4, 0.5) is 0 Å². The minimum atomic E-state index is -0.977. The number of aliphatic hydroxyl groups is 1. The van der Waals surface area contributed by atoms with Crippen molar-refractivity contribution >= 4 is 5.97 Å². The van der Waals surface area contributed by atoms with E-state index in [0.29, 0.717) is 5.56 Å². The van der Waals surface area contributed by atoms with E-state index < -0.39 is 42.9 Å². The van der Waals surface area contributed by atoms with Crippen LogP contribution in [0.3, 0.4) is 0 Å². The minimum absolute atomic E-state index is 0.216. The van der Waals surface area contributed by atoms with E-state index in [0.717, 1.165) is 5.56 Å². The van der Waals surface area contributed by atoms with Crippen LogP contribution in [-0.2, 0) is 18.9 Å². The van der Waals surface area contributed by atoms with Gasteiger partial charge in [0.25, 0.3) is 6.29 Å². The SMILES string of the molecule is [NH3+][C@H]1[C@@H](OC(=O)c2ccccc2)O[C@@H]2CO[C@H](c3ccccc3)O[C@H]2[C@@H]1O. The molecule has 142 valence electrons. The Labute approximate surface area is 156 Å². The van der Waals surface area contributed by atoms with Crippen molar-refractivity contribution < 1.29 is 34.6 Å². The molecule has 0 aromatic heterocycles. The van der Waals surface area contributed by atoms with Gasteiger partial charge in [0.05, 0.1) is 12.2 Å². The quantitative estimate of drug-likeness (QED) is 0.768. The first-order valence-corrected chi connectivity index (χ1v) is 8.88. The second-order valence-corrected chi connectivity index (χ2v) is 6.65. The Hall–Kier alpha value is -2.29. The van der Waals surface area contributed by atoms with Crippen LogP contribution in [-0.4, -0.2) is 48.3 Å². The van der Waals surface area contributed by atoms with Crippen molar-refractivity contribution in [2.45, 2.75) is 36.9 Å². The lowest BCUT2D eigenvalue weighted by atomic mass is 9.96. The van der Waals surface area contributed by atoms with Crippen LogP contribution in [0.5, 0.6) is 0 Å². The molecule has 0 amide bonds. The molecule has 7 heteroatoms. The lowest BCUT2D eigenvalue weighted by Gasteiger charge is -2.45. The number of hydrogen-bond acceptors (Lipinski definition) is 6. The molecule has 2 aromatic carbocycles. The highest BCUT2D eigenvalue weighted by Crippen LogP contribution is 2.33. The molecule has 0 spiro atoms. The third-order valence-electron chi connectivity index (χ3n) is 4.80. The maximum Gasteiger partial charge on any atom is 0.340 e. The summed E-state index contributed by atoms with van der Waals surface area (Å²) in [6.45, 7) is 0.216. The Bertz CT molecular complexity index is 769. The summed E-state index contributed by atoms with van der Waals surface area (Å²) in [6.07, 6.45) is -3.67. The molecule has 2 aromatic rings. The summed E-state index contributed by atoms with van der Waals surface area (Å²) in [5, 5.41) is 10.7. The minimum Gasteiger partial charge on any atom is -0.425 e.